The third-order valence-electron chi connectivity index (χ3n) is 2.77. The van der Waals surface area contributed by atoms with E-state index >= 15 is 0 Å². The molecule has 8 heteroatoms. The quantitative estimate of drug-likeness (QED) is 0.704. The molecule has 1 aromatic rings. The van der Waals surface area contributed by atoms with Gasteiger partial charge in [-0.05, 0) is 31.5 Å². The number of aliphatic hydroxyl groups excluding tert-OH is 1. The van der Waals surface area contributed by atoms with Crippen LogP contribution in [0.25, 0.3) is 0 Å². The monoisotopic (exact) mass is 303 g/mol. The van der Waals surface area contributed by atoms with Gasteiger partial charge in [-0.15, -0.1) is 0 Å². The highest BCUT2D eigenvalue weighted by atomic mass is 32.2. The largest absolute Gasteiger partial charge is 0.507 e. The Kier molecular flexibility index (Phi) is 5.09. The Morgan fingerprint density at radius 1 is 1.40 bits per heavy atom. The normalized spacial score (nSPS) is 13.4. The SMILES string of the molecule is CC(O)CCN(C)S(=O)(=O)c1ccc(O)c(C(=O)O)c1. The van der Waals surface area contributed by atoms with Gasteiger partial charge >= 0.3 is 5.97 Å². The lowest BCUT2D eigenvalue weighted by Gasteiger charge is -2.18. The van der Waals surface area contributed by atoms with Gasteiger partial charge in [-0.25, -0.2) is 17.5 Å². The third kappa shape index (κ3) is 3.69. The molecule has 1 rings (SSSR count). The fourth-order valence-electron chi connectivity index (χ4n) is 1.52. The van der Waals surface area contributed by atoms with E-state index in [2.05, 4.69) is 0 Å². The molecule has 0 heterocycles. The van der Waals surface area contributed by atoms with Crippen LogP contribution in [0, 0.1) is 0 Å². The van der Waals surface area contributed by atoms with Gasteiger partial charge in [-0.2, -0.15) is 0 Å². The molecule has 7 nitrogen and oxygen atoms in total. The first-order valence-electron chi connectivity index (χ1n) is 5.87. The molecule has 0 saturated heterocycles. The van der Waals surface area contributed by atoms with Gasteiger partial charge in [0.25, 0.3) is 0 Å². The molecule has 0 aliphatic rings. The fourth-order valence-corrected chi connectivity index (χ4v) is 2.73. The summed E-state index contributed by atoms with van der Waals surface area (Å²) >= 11 is 0. The molecule has 0 spiro atoms. The van der Waals surface area contributed by atoms with Crippen LogP contribution in [0.3, 0.4) is 0 Å². The van der Waals surface area contributed by atoms with Crippen LogP contribution >= 0.6 is 0 Å². The van der Waals surface area contributed by atoms with Crippen molar-refractivity contribution in [3.63, 3.8) is 0 Å². The van der Waals surface area contributed by atoms with Gasteiger partial charge < -0.3 is 15.3 Å². The Balaban J connectivity index is 3.09. The summed E-state index contributed by atoms with van der Waals surface area (Å²) < 4.78 is 25.4. The number of rotatable bonds is 6. The van der Waals surface area contributed by atoms with E-state index in [9.17, 15) is 18.3 Å². The molecule has 3 N–H and O–H groups in total. The van der Waals surface area contributed by atoms with Gasteiger partial charge in [0.1, 0.15) is 11.3 Å². The lowest BCUT2D eigenvalue weighted by Crippen LogP contribution is -2.29. The minimum Gasteiger partial charge on any atom is -0.507 e. The van der Waals surface area contributed by atoms with Crippen LogP contribution in [-0.2, 0) is 10.0 Å². The number of aromatic carboxylic acids is 1. The van der Waals surface area contributed by atoms with E-state index in [1.807, 2.05) is 0 Å². The Bertz CT molecular complexity index is 596. The first-order chi connectivity index (χ1) is 9.16. The summed E-state index contributed by atoms with van der Waals surface area (Å²) in [6.07, 6.45) is -0.373. The number of carboxylic acid groups (broad SMARTS) is 1. The Hall–Kier alpha value is -1.64. The predicted molar refractivity (Wildman–Crippen MR) is 71.2 cm³/mol. The summed E-state index contributed by atoms with van der Waals surface area (Å²) in [5.74, 6) is -1.91. The highest BCUT2D eigenvalue weighted by Gasteiger charge is 2.23. The lowest BCUT2D eigenvalue weighted by atomic mass is 10.2. The topological polar surface area (TPSA) is 115 Å². The summed E-state index contributed by atoms with van der Waals surface area (Å²) in [4.78, 5) is 10.7. The van der Waals surface area contributed by atoms with Gasteiger partial charge in [-0.1, -0.05) is 0 Å². The summed E-state index contributed by atoms with van der Waals surface area (Å²) in [6.45, 7) is 1.65. The van der Waals surface area contributed by atoms with Gasteiger partial charge in [0.05, 0.1) is 11.0 Å². The molecule has 0 fully saturated rings. The molecule has 112 valence electrons. The van der Waals surface area contributed by atoms with Crippen molar-refractivity contribution in [1.82, 2.24) is 4.31 Å². The number of aromatic hydroxyl groups is 1. The molecule has 0 aromatic heterocycles. The van der Waals surface area contributed by atoms with Gasteiger partial charge in [0.15, 0.2) is 0 Å². The predicted octanol–water partition coefficient (Wildman–Crippen LogP) is 0.482. The van der Waals surface area contributed by atoms with E-state index in [0.29, 0.717) is 0 Å². The molecule has 0 aliphatic carbocycles. The number of sulfonamides is 1. The minimum atomic E-state index is -3.86. The molecule has 0 radical (unpaired) electrons. The zero-order valence-electron chi connectivity index (χ0n) is 11.1. The maximum Gasteiger partial charge on any atom is 0.339 e. The number of carbonyl (C=O) groups is 1. The molecule has 0 saturated carbocycles. The summed E-state index contributed by atoms with van der Waals surface area (Å²) in [7, 11) is -2.52. The van der Waals surface area contributed by atoms with Crippen molar-refractivity contribution < 1.29 is 28.5 Å². The highest BCUT2D eigenvalue weighted by Crippen LogP contribution is 2.23. The summed E-state index contributed by atoms with van der Waals surface area (Å²) in [6, 6.07) is 3.07. The third-order valence-corrected chi connectivity index (χ3v) is 4.62. The van der Waals surface area contributed by atoms with Gasteiger partial charge in [0.2, 0.25) is 10.0 Å². The van der Waals surface area contributed by atoms with Crippen LogP contribution < -0.4 is 0 Å². The van der Waals surface area contributed by atoms with Crippen molar-refractivity contribution in [2.45, 2.75) is 24.3 Å². The van der Waals surface area contributed by atoms with Crippen LogP contribution in [-0.4, -0.2) is 53.7 Å². The molecule has 20 heavy (non-hydrogen) atoms. The average Bonchev–Trinajstić information content (AvgIpc) is 2.35. The van der Waals surface area contributed by atoms with Crippen molar-refractivity contribution in [1.29, 1.82) is 0 Å². The molecular weight excluding hydrogens is 286 g/mol. The van der Waals surface area contributed by atoms with Crippen LogP contribution in [0.5, 0.6) is 5.75 Å². The molecule has 1 aromatic carbocycles. The number of phenols is 1. The first-order valence-corrected chi connectivity index (χ1v) is 7.31. The number of benzene rings is 1. The van der Waals surface area contributed by atoms with E-state index in [4.69, 9.17) is 10.2 Å². The number of carboxylic acids is 1. The second-order valence-corrected chi connectivity index (χ2v) is 6.49. The summed E-state index contributed by atoms with van der Waals surface area (Å²) in [5, 5.41) is 27.4. The molecule has 0 bridgehead atoms. The summed E-state index contributed by atoms with van der Waals surface area (Å²) in [5.41, 5.74) is -0.477. The maximum atomic E-state index is 12.2. The smallest absolute Gasteiger partial charge is 0.339 e. The standard InChI is InChI=1S/C12H17NO6S/c1-8(14)5-6-13(2)20(18,19)9-3-4-11(15)10(7-9)12(16)17/h3-4,7-8,14-15H,5-6H2,1-2H3,(H,16,17). The highest BCUT2D eigenvalue weighted by molar-refractivity contribution is 7.89. The zero-order valence-corrected chi connectivity index (χ0v) is 12.0. The number of hydrogen-bond donors (Lipinski definition) is 3. The van der Waals surface area contributed by atoms with Crippen LogP contribution in [0.15, 0.2) is 23.1 Å². The van der Waals surface area contributed by atoms with Crippen molar-refractivity contribution in [2.75, 3.05) is 13.6 Å². The second-order valence-electron chi connectivity index (χ2n) is 4.45. The Morgan fingerprint density at radius 3 is 2.50 bits per heavy atom. The van der Waals surface area contributed by atoms with Crippen LogP contribution in [0.1, 0.15) is 23.7 Å². The van der Waals surface area contributed by atoms with E-state index in [1.165, 1.54) is 7.05 Å². The van der Waals surface area contributed by atoms with Gasteiger partial charge in [-0.3, -0.25) is 0 Å². The van der Waals surface area contributed by atoms with E-state index in [-0.39, 0.29) is 17.9 Å². The second kappa shape index (κ2) is 6.21. The van der Waals surface area contributed by atoms with Crippen molar-refractivity contribution in [2.24, 2.45) is 0 Å². The Morgan fingerprint density at radius 2 is 2.00 bits per heavy atom. The van der Waals surface area contributed by atoms with Crippen molar-refractivity contribution in [3.05, 3.63) is 23.8 Å². The molecule has 0 aliphatic heterocycles. The molecule has 1 unspecified atom stereocenters. The number of hydrogen-bond acceptors (Lipinski definition) is 5. The van der Waals surface area contributed by atoms with Crippen molar-refractivity contribution >= 4 is 16.0 Å². The van der Waals surface area contributed by atoms with E-state index in [0.717, 1.165) is 22.5 Å². The fraction of sp³-hybridized carbons (Fsp3) is 0.417. The Labute approximate surface area is 117 Å². The molecular formula is C12H17NO6S. The average molecular weight is 303 g/mol. The van der Waals surface area contributed by atoms with Crippen molar-refractivity contribution in [3.8, 4) is 5.75 Å². The molecule has 0 amide bonds. The van der Waals surface area contributed by atoms with E-state index in [1.54, 1.807) is 6.92 Å². The van der Waals surface area contributed by atoms with E-state index < -0.39 is 33.4 Å². The first kappa shape index (κ1) is 16.4. The number of nitrogens with zero attached hydrogens (tertiary/aromatic N) is 1. The molecule has 1 atom stereocenters. The lowest BCUT2D eigenvalue weighted by molar-refractivity contribution is 0.0693. The van der Waals surface area contributed by atoms with Gasteiger partial charge in [0, 0.05) is 13.6 Å². The van der Waals surface area contributed by atoms with Crippen LogP contribution in [0.4, 0.5) is 0 Å². The zero-order chi connectivity index (χ0) is 15.5. The van der Waals surface area contributed by atoms with Crippen LogP contribution in [0.2, 0.25) is 0 Å². The maximum absolute atomic E-state index is 12.2. The number of aliphatic hydroxyl groups is 1. The minimum absolute atomic E-state index is 0.100.